The van der Waals surface area contributed by atoms with Crippen molar-refractivity contribution in [2.45, 2.75) is 12.8 Å². The summed E-state index contributed by atoms with van der Waals surface area (Å²) in [6, 6.07) is 0. The summed E-state index contributed by atoms with van der Waals surface area (Å²) in [4.78, 5) is 24.6. The first-order chi connectivity index (χ1) is 6.16. The third kappa shape index (κ3) is 8.54. The maximum Gasteiger partial charge on any atom is 0.294 e. The first kappa shape index (κ1) is 11.6. The van der Waals surface area contributed by atoms with E-state index in [-0.39, 0.29) is 18.9 Å². The van der Waals surface area contributed by atoms with Crippen molar-refractivity contribution in [1.82, 2.24) is 5.32 Å². The van der Waals surface area contributed by atoms with E-state index in [1.807, 2.05) is 0 Å². The van der Waals surface area contributed by atoms with Crippen molar-refractivity contribution in [2.75, 3.05) is 19.7 Å². The molecule has 0 aromatic carbocycles. The Morgan fingerprint density at radius 1 is 1.62 bits per heavy atom. The normalized spacial score (nSPS) is 9.31. The number of amides is 1. The molecule has 76 valence electrons. The van der Waals surface area contributed by atoms with Gasteiger partial charge in [-0.05, 0) is 6.42 Å². The molecule has 7 heteroatoms. The Morgan fingerprint density at radius 2 is 2.31 bits per heavy atom. The molecule has 0 aromatic rings. The Balaban J connectivity index is 3.22. The van der Waals surface area contributed by atoms with Gasteiger partial charge >= 0.3 is 0 Å². The van der Waals surface area contributed by atoms with Crippen molar-refractivity contribution in [3.8, 4) is 0 Å². The van der Waals surface area contributed by atoms with Crippen LogP contribution in [0.5, 0.6) is 0 Å². The van der Waals surface area contributed by atoms with Crippen LogP contribution < -0.4 is 11.1 Å². The lowest BCUT2D eigenvalue weighted by Gasteiger charge is -2.02. The molecule has 7 nitrogen and oxygen atoms in total. The molecule has 13 heavy (non-hydrogen) atoms. The highest BCUT2D eigenvalue weighted by atomic mass is 16.9. The average molecular weight is 191 g/mol. The van der Waals surface area contributed by atoms with Crippen molar-refractivity contribution < 1.29 is 14.7 Å². The van der Waals surface area contributed by atoms with Crippen molar-refractivity contribution in [3.63, 3.8) is 0 Å². The zero-order chi connectivity index (χ0) is 10.1. The van der Waals surface area contributed by atoms with E-state index in [9.17, 15) is 14.9 Å². The molecule has 3 N–H and O–H groups in total. The van der Waals surface area contributed by atoms with Gasteiger partial charge in [-0.25, -0.2) is 0 Å². The van der Waals surface area contributed by atoms with Gasteiger partial charge in [-0.1, -0.05) is 0 Å². The number of nitrogens with zero attached hydrogens (tertiary/aromatic N) is 1. The van der Waals surface area contributed by atoms with E-state index in [1.54, 1.807) is 0 Å². The zero-order valence-electron chi connectivity index (χ0n) is 7.19. The van der Waals surface area contributed by atoms with Crippen LogP contribution in [-0.2, 0) is 9.63 Å². The molecule has 0 spiro atoms. The van der Waals surface area contributed by atoms with Gasteiger partial charge < -0.3 is 15.9 Å². The number of hydrogen-bond donors (Lipinski definition) is 2. The fourth-order valence-electron chi connectivity index (χ4n) is 0.672. The number of hydrogen-bond acceptors (Lipinski definition) is 5. The van der Waals surface area contributed by atoms with Gasteiger partial charge in [-0.2, -0.15) is 0 Å². The summed E-state index contributed by atoms with van der Waals surface area (Å²) in [6.45, 7) is 0.759. The van der Waals surface area contributed by atoms with Crippen molar-refractivity contribution in [3.05, 3.63) is 10.1 Å². The van der Waals surface area contributed by atoms with Gasteiger partial charge in [-0.3, -0.25) is 4.79 Å². The molecule has 0 fully saturated rings. The van der Waals surface area contributed by atoms with E-state index in [0.717, 1.165) is 0 Å². The van der Waals surface area contributed by atoms with E-state index in [0.29, 0.717) is 19.5 Å². The van der Waals surface area contributed by atoms with Crippen LogP contribution in [0.2, 0.25) is 0 Å². The average Bonchev–Trinajstić information content (AvgIpc) is 2.08. The van der Waals surface area contributed by atoms with E-state index >= 15 is 0 Å². The van der Waals surface area contributed by atoms with E-state index < -0.39 is 5.09 Å². The first-order valence-electron chi connectivity index (χ1n) is 3.91. The predicted octanol–water partition coefficient (Wildman–Crippen LogP) is -0.950. The highest BCUT2D eigenvalue weighted by Gasteiger charge is 2.00. The number of carbonyl (C=O) groups is 1. The van der Waals surface area contributed by atoms with Crippen LogP contribution in [0.1, 0.15) is 12.8 Å². The van der Waals surface area contributed by atoms with Crippen LogP contribution in [0, 0.1) is 10.1 Å². The van der Waals surface area contributed by atoms with E-state index in [4.69, 9.17) is 5.73 Å². The Morgan fingerprint density at radius 3 is 2.85 bits per heavy atom. The summed E-state index contributed by atoms with van der Waals surface area (Å²) in [6.07, 6.45) is 0.547. The second-order valence-corrected chi connectivity index (χ2v) is 2.30. The lowest BCUT2D eigenvalue weighted by molar-refractivity contribution is -0.757. The molecule has 0 unspecified atom stereocenters. The lowest BCUT2D eigenvalue weighted by atomic mass is 10.3. The van der Waals surface area contributed by atoms with E-state index in [2.05, 4.69) is 10.2 Å². The number of rotatable bonds is 7. The maximum atomic E-state index is 10.9. The molecular weight excluding hydrogens is 178 g/mol. The van der Waals surface area contributed by atoms with Gasteiger partial charge in [0.15, 0.2) is 0 Å². The molecule has 0 aliphatic heterocycles. The van der Waals surface area contributed by atoms with Gasteiger partial charge in [0.25, 0.3) is 5.09 Å². The first-order valence-corrected chi connectivity index (χ1v) is 3.91. The topological polar surface area (TPSA) is 107 Å². The Bertz CT molecular complexity index is 173. The second kappa shape index (κ2) is 7.29. The van der Waals surface area contributed by atoms with Gasteiger partial charge in [0.05, 0.1) is 6.61 Å². The van der Waals surface area contributed by atoms with Crippen LogP contribution in [-0.4, -0.2) is 30.7 Å². The minimum Gasteiger partial charge on any atom is -0.355 e. The molecule has 0 aliphatic carbocycles. The molecule has 0 atom stereocenters. The predicted molar refractivity (Wildman–Crippen MR) is 44.2 cm³/mol. The highest BCUT2D eigenvalue weighted by molar-refractivity contribution is 5.75. The van der Waals surface area contributed by atoms with Crippen LogP contribution in [0.15, 0.2) is 0 Å². The van der Waals surface area contributed by atoms with Crippen molar-refractivity contribution in [2.24, 2.45) is 5.73 Å². The highest BCUT2D eigenvalue weighted by Crippen LogP contribution is 1.89. The molecule has 0 radical (unpaired) electrons. The molecule has 1 amide bonds. The van der Waals surface area contributed by atoms with Gasteiger partial charge in [0.2, 0.25) is 5.91 Å². The summed E-state index contributed by atoms with van der Waals surface area (Å²) < 4.78 is 0. The smallest absolute Gasteiger partial charge is 0.294 e. The molecular formula is C6H13N3O4. The van der Waals surface area contributed by atoms with Gasteiger partial charge in [0, 0.05) is 19.5 Å². The number of nitrogens with one attached hydrogen (secondary N) is 1. The van der Waals surface area contributed by atoms with Crippen LogP contribution in [0.25, 0.3) is 0 Å². The summed E-state index contributed by atoms with van der Waals surface area (Å²) in [5.74, 6) is -0.169. The lowest BCUT2D eigenvalue weighted by Crippen LogP contribution is -2.28. The molecule has 0 saturated heterocycles. The third-order valence-corrected chi connectivity index (χ3v) is 1.21. The second-order valence-electron chi connectivity index (χ2n) is 2.30. The van der Waals surface area contributed by atoms with E-state index in [1.165, 1.54) is 0 Å². The summed E-state index contributed by atoms with van der Waals surface area (Å²) in [5, 5.41) is 11.3. The number of carbonyl (C=O) groups excluding carboxylic acids is 1. The Hall–Kier alpha value is -1.37. The van der Waals surface area contributed by atoms with Crippen LogP contribution in [0.3, 0.4) is 0 Å². The fourth-order valence-corrected chi connectivity index (χ4v) is 0.672. The van der Waals surface area contributed by atoms with Crippen LogP contribution >= 0.6 is 0 Å². The maximum absolute atomic E-state index is 10.9. The molecule has 0 saturated carbocycles. The summed E-state index contributed by atoms with van der Waals surface area (Å²) in [5.41, 5.74) is 5.14. The molecule has 0 aromatic heterocycles. The Kier molecular flexibility index (Phi) is 6.52. The molecule has 0 rings (SSSR count). The van der Waals surface area contributed by atoms with Crippen LogP contribution in [0.4, 0.5) is 0 Å². The van der Waals surface area contributed by atoms with Crippen molar-refractivity contribution >= 4 is 5.91 Å². The fraction of sp³-hybridized carbons (Fsp3) is 0.833. The van der Waals surface area contributed by atoms with Crippen molar-refractivity contribution in [1.29, 1.82) is 0 Å². The SMILES string of the molecule is NCCNC(=O)CCCO[N+](=O)[O-]. The molecule has 0 aliphatic rings. The number of nitrogens with two attached hydrogens (primary N) is 1. The minimum absolute atomic E-state index is 0.0525. The zero-order valence-corrected chi connectivity index (χ0v) is 7.19. The third-order valence-electron chi connectivity index (χ3n) is 1.21. The Labute approximate surface area is 75.3 Å². The minimum atomic E-state index is -0.877. The molecule has 0 bridgehead atoms. The van der Waals surface area contributed by atoms with Gasteiger partial charge in [0.1, 0.15) is 0 Å². The largest absolute Gasteiger partial charge is 0.355 e. The quantitative estimate of drug-likeness (QED) is 0.306. The van der Waals surface area contributed by atoms with Gasteiger partial charge in [-0.15, -0.1) is 10.1 Å². The summed E-state index contributed by atoms with van der Waals surface area (Å²) >= 11 is 0. The monoisotopic (exact) mass is 191 g/mol. The summed E-state index contributed by atoms with van der Waals surface area (Å²) in [7, 11) is 0. The molecule has 0 heterocycles. The standard InChI is InChI=1S/C6H13N3O4/c7-3-4-8-6(10)2-1-5-13-9(11)12/h1-5,7H2,(H,8,10).